The Kier molecular flexibility index (Phi) is 8.40. The normalized spacial score (nSPS) is 13.0. The molecule has 0 rings (SSSR count). The van der Waals surface area contributed by atoms with Crippen LogP contribution in [0.5, 0.6) is 0 Å². The fraction of sp³-hybridized carbons (Fsp3) is 1.00. The van der Waals surface area contributed by atoms with Crippen molar-refractivity contribution in [2.75, 3.05) is 13.7 Å². The zero-order chi connectivity index (χ0) is 6.57. The Morgan fingerprint density at radius 1 is 1.44 bits per heavy atom. The molecule has 0 spiro atoms. The van der Waals surface area contributed by atoms with Gasteiger partial charge in [-0.05, 0) is 5.92 Å². The van der Waals surface area contributed by atoms with E-state index in [-0.39, 0.29) is 18.4 Å². The minimum absolute atomic E-state index is 0. The summed E-state index contributed by atoms with van der Waals surface area (Å²) in [5, 5.41) is 0. The Balaban J connectivity index is 0. The minimum atomic E-state index is 0. The van der Waals surface area contributed by atoms with Crippen molar-refractivity contribution in [2.24, 2.45) is 11.7 Å². The van der Waals surface area contributed by atoms with Crippen LogP contribution < -0.4 is 5.73 Å². The number of ether oxygens (including phenoxy) is 1. The second-order valence-electron chi connectivity index (χ2n) is 2.36. The van der Waals surface area contributed by atoms with Gasteiger partial charge < -0.3 is 10.5 Å². The SMILES string of the molecule is COC[C@@H](N)C(C)C.Cl. The molecule has 58 valence electrons. The van der Waals surface area contributed by atoms with E-state index in [1.54, 1.807) is 7.11 Å². The molecule has 0 aromatic heterocycles. The van der Waals surface area contributed by atoms with E-state index in [0.717, 1.165) is 0 Å². The highest BCUT2D eigenvalue weighted by Crippen LogP contribution is 1.96. The van der Waals surface area contributed by atoms with Gasteiger partial charge in [0.2, 0.25) is 0 Å². The molecule has 3 heteroatoms. The van der Waals surface area contributed by atoms with Gasteiger partial charge in [0.05, 0.1) is 6.61 Å². The van der Waals surface area contributed by atoms with Gasteiger partial charge >= 0.3 is 0 Å². The standard InChI is InChI=1S/C6H15NO.ClH/c1-5(2)6(7)4-8-3;/h5-6H,4,7H2,1-3H3;1H/t6-;/m1./s1. The summed E-state index contributed by atoms with van der Waals surface area (Å²) in [6.45, 7) is 4.84. The summed E-state index contributed by atoms with van der Waals surface area (Å²) in [4.78, 5) is 0. The third-order valence-electron chi connectivity index (χ3n) is 1.22. The van der Waals surface area contributed by atoms with Gasteiger partial charge in [-0.25, -0.2) is 0 Å². The molecule has 0 fully saturated rings. The van der Waals surface area contributed by atoms with Crippen molar-refractivity contribution >= 4 is 12.4 Å². The maximum absolute atomic E-state index is 5.60. The topological polar surface area (TPSA) is 35.2 Å². The number of nitrogens with two attached hydrogens (primary N) is 1. The Bertz CT molecular complexity index is 59.0. The third kappa shape index (κ3) is 6.09. The summed E-state index contributed by atoms with van der Waals surface area (Å²) in [6, 6.07) is 0.194. The first-order valence-corrected chi connectivity index (χ1v) is 2.93. The molecule has 0 aromatic carbocycles. The molecular formula is C6H16ClNO. The summed E-state index contributed by atoms with van der Waals surface area (Å²) < 4.78 is 4.84. The lowest BCUT2D eigenvalue weighted by Gasteiger charge is -2.12. The Hall–Kier alpha value is 0.210. The molecule has 0 aliphatic rings. The Morgan fingerprint density at radius 3 is 2.00 bits per heavy atom. The van der Waals surface area contributed by atoms with Gasteiger partial charge in [-0.15, -0.1) is 12.4 Å². The van der Waals surface area contributed by atoms with Crippen LogP contribution in [-0.4, -0.2) is 19.8 Å². The summed E-state index contributed by atoms with van der Waals surface area (Å²) in [5.41, 5.74) is 5.60. The van der Waals surface area contributed by atoms with Crippen LogP contribution in [0, 0.1) is 5.92 Å². The quantitative estimate of drug-likeness (QED) is 0.658. The van der Waals surface area contributed by atoms with Crippen LogP contribution in [0.3, 0.4) is 0 Å². The average molecular weight is 154 g/mol. The molecule has 2 N–H and O–H groups in total. The lowest BCUT2D eigenvalue weighted by Crippen LogP contribution is -2.30. The van der Waals surface area contributed by atoms with Gasteiger partial charge in [-0.3, -0.25) is 0 Å². The lowest BCUT2D eigenvalue weighted by atomic mass is 10.1. The molecule has 1 atom stereocenters. The summed E-state index contributed by atoms with van der Waals surface area (Å²) >= 11 is 0. The van der Waals surface area contributed by atoms with Crippen LogP contribution in [0.4, 0.5) is 0 Å². The number of hydrogen-bond acceptors (Lipinski definition) is 2. The van der Waals surface area contributed by atoms with Crippen LogP contribution in [-0.2, 0) is 4.74 Å². The van der Waals surface area contributed by atoms with Crippen LogP contribution >= 0.6 is 12.4 Å². The molecule has 0 heterocycles. The second kappa shape index (κ2) is 6.33. The van der Waals surface area contributed by atoms with Crippen LogP contribution in [0.1, 0.15) is 13.8 Å². The first-order chi connectivity index (χ1) is 3.68. The van der Waals surface area contributed by atoms with Gasteiger partial charge in [-0.2, -0.15) is 0 Å². The van der Waals surface area contributed by atoms with E-state index in [9.17, 15) is 0 Å². The molecule has 0 bridgehead atoms. The fourth-order valence-electron chi connectivity index (χ4n) is 0.385. The highest BCUT2D eigenvalue weighted by Gasteiger charge is 2.04. The van der Waals surface area contributed by atoms with Crippen molar-refractivity contribution in [1.82, 2.24) is 0 Å². The van der Waals surface area contributed by atoms with Crippen molar-refractivity contribution in [3.8, 4) is 0 Å². The van der Waals surface area contributed by atoms with E-state index in [0.29, 0.717) is 12.5 Å². The molecule has 0 unspecified atom stereocenters. The molecule has 2 nitrogen and oxygen atoms in total. The van der Waals surface area contributed by atoms with E-state index >= 15 is 0 Å². The summed E-state index contributed by atoms with van der Waals surface area (Å²) in [6.07, 6.45) is 0. The lowest BCUT2D eigenvalue weighted by molar-refractivity contribution is 0.164. The van der Waals surface area contributed by atoms with E-state index in [4.69, 9.17) is 10.5 Å². The van der Waals surface area contributed by atoms with Gasteiger partial charge in [0.25, 0.3) is 0 Å². The monoisotopic (exact) mass is 153 g/mol. The smallest absolute Gasteiger partial charge is 0.0616 e. The first kappa shape index (κ1) is 11.9. The number of hydrogen-bond donors (Lipinski definition) is 1. The van der Waals surface area contributed by atoms with Gasteiger partial charge in [0.15, 0.2) is 0 Å². The van der Waals surface area contributed by atoms with Crippen molar-refractivity contribution in [2.45, 2.75) is 19.9 Å². The van der Waals surface area contributed by atoms with E-state index in [1.165, 1.54) is 0 Å². The number of rotatable bonds is 3. The molecule has 9 heavy (non-hydrogen) atoms. The van der Waals surface area contributed by atoms with E-state index in [1.807, 2.05) is 0 Å². The largest absolute Gasteiger partial charge is 0.383 e. The zero-order valence-electron chi connectivity index (χ0n) is 6.26. The Morgan fingerprint density at radius 2 is 1.89 bits per heavy atom. The highest BCUT2D eigenvalue weighted by molar-refractivity contribution is 5.85. The van der Waals surface area contributed by atoms with Crippen molar-refractivity contribution in [3.63, 3.8) is 0 Å². The van der Waals surface area contributed by atoms with Crippen molar-refractivity contribution in [3.05, 3.63) is 0 Å². The molecule has 0 saturated heterocycles. The number of methoxy groups -OCH3 is 1. The summed E-state index contributed by atoms with van der Waals surface area (Å²) in [7, 11) is 1.67. The number of halogens is 1. The third-order valence-corrected chi connectivity index (χ3v) is 1.22. The van der Waals surface area contributed by atoms with Gasteiger partial charge in [-0.1, -0.05) is 13.8 Å². The van der Waals surface area contributed by atoms with Crippen LogP contribution in [0.2, 0.25) is 0 Å². The molecule has 0 aliphatic carbocycles. The first-order valence-electron chi connectivity index (χ1n) is 2.93. The Labute approximate surface area is 63.2 Å². The molecule has 0 amide bonds. The van der Waals surface area contributed by atoms with Gasteiger partial charge in [0, 0.05) is 13.2 Å². The molecule has 0 aromatic rings. The maximum Gasteiger partial charge on any atom is 0.0616 e. The molecule has 0 saturated carbocycles. The zero-order valence-corrected chi connectivity index (χ0v) is 7.07. The van der Waals surface area contributed by atoms with E-state index in [2.05, 4.69) is 13.8 Å². The van der Waals surface area contributed by atoms with Crippen molar-refractivity contribution < 1.29 is 4.74 Å². The van der Waals surface area contributed by atoms with Gasteiger partial charge in [0.1, 0.15) is 0 Å². The maximum atomic E-state index is 5.60. The molecular weight excluding hydrogens is 138 g/mol. The van der Waals surface area contributed by atoms with E-state index < -0.39 is 0 Å². The predicted octanol–water partition coefficient (Wildman–Crippen LogP) is 1.04. The minimum Gasteiger partial charge on any atom is -0.383 e. The van der Waals surface area contributed by atoms with Crippen LogP contribution in [0.15, 0.2) is 0 Å². The summed E-state index contributed by atoms with van der Waals surface area (Å²) in [5.74, 6) is 0.523. The highest BCUT2D eigenvalue weighted by atomic mass is 35.5. The predicted molar refractivity (Wildman–Crippen MR) is 41.9 cm³/mol. The molecule has 0 aliphatic heterocycles. The van der Waals surface area contributed by atoms with Crippen molar-refractivity contribution in [1.29, 1.82) is 0 Å². The fourth-order valence-corrected chi connectivity index (χ4v) is 0.385. The molecule has 0 radical (unpaired) electrons. The van der Waals surface area contributed by atoms with Crippen LogP contribution in [0.25, 0.3) is 0 Å². The average Bonchev–Trinajstić information content (AvgIpc) is 1.67. The second-order valence-corrected chi connectivity index (χ2v) is 2.36.